The zero-order valence-corrected chi connectivity index (χ0v) is 35.7. The van der Waals surface area contributed by atoms with Crippen molar-refractivity contribution in [2.45, 2.75) is 194 Å². The number of hydrogen-bond donors (Lipinski definition) is 0. The third-order valence-electron chi connectivity index (χ3n) is 10.00. The Hall–Kier alpha value is -1.80. The third-order valence-corrected chi connectivity index (χ3v) is 10.00. The lowest BCUT2D eigenvalue weighted by Gasteiger charge is -2.46. The Morgan fingerprint density at radius 3 is 0.107 bits per heavy atom. The molecule has 17 rings (SSSR count). The van der Waals surface area contributed by atoms with Gasteiger partial charge in [-0.1, -0.05) is 0 Å². The molecule has 17 aliphatic rings. The Morgan fingerprint density at radius 2 is 0.0800 bits per heavy atom. The molecule has 0 unspecified atom stereocenters. The first-order valence-corrected chi connectivity index (χ1v) is 21.2. The average molecular weight is 1110 g/mol. The first-order valence-electron chi connectivity index (χ1n) is 21.2. The van der Waals surface area contributed by atoms with E-state index in [4.69, 9.17) is 213 Å². The molecule has 0 N–H and O–H groups in total. The second-order valence-electron chi connectivity index (χ2n) is 14.8. The monoisotopic (exact) mass is 1110 g/mol. The van der Waals surface area contributed by atoms with Crippen molar-refractivity contribution >= 4 is 0 Å². The van der Waals surface area contributed by atoms with E-state index in [0.717, 1.165) is 0 Å². The van der Waals surface area contributed by atoms with Crippen molar-refractivity contribution in [1.29, 1.82) is 0 Å². The summed E-state index contributed by atoms with van der Waals surface area (Å²) in [6.45, 7) is -43.5. The highest BCUT2D eigenvalue weighted by molar-refractivity contribution is 4.56. The highest BCUT2D eigenvalue weighted by Gasteiger charge is 2.54. The second-order valence-corrected chi connectivity index (χ2v) is 14.8. The van der Waals surface area contributed by atoms with Crippen LogP contribution < -0.4 is 0 Å². The van der Waals surface area contributed by atoms with E-state index >= 15 is 0 Å². The molecule has 420 valence electrons. The molecule has 17 saturated heterocycles. The van der Waals surface area contributed by atoms with Crippen molar-refractivity contribution < 1.29 is 213 Å². The highest BCUT2D eigenvalue weighted by atomic mass is 17.2. The molecule has 0 aromatic heterocycles. The maximum Gasteiger partial charge on any atom is 0.283 e. The van der Waals surface area contributed by atoms with E-state index in [1.807, 2.05) is 0 Å². The number of fused-ring (bicyclic) bond motifs is 22. The summed E-state index contributed by atoms with van der Waals surface area (Å²) >= 11 is 0. The summed E-state index contributed by atoms with van der Waals surface area (Å²) in [6, 6.07) is 0. The van der Waals surface area contributed by atoms with E-state index in [1.165, 1.54) is 0 Å². The van der Waals surface area contributed by atoms with Crippen molar-refractivity contribution in [1.82, 2.24) is 0 Å². The van der Waals surface area contributed by atoms with Gasteiger partial charge in [-0.25, -0.2) is 0 Å². The first kappa shape index (κ1) is 49.1. The fourth-order valence-electron chi connectivity index (χ4n) is 6.97. The van der Waals surface area contributed by atoms with Gasteiger partial charge in [0.2, 0.25) is 0 Å². The highest BCUT2D eigenvalue weighted by Crippen LogP contribution is 2.38. The Kier molecular flexibility index (Phi) is 13.5. The largest absolute Gasteiger partial charge is 0.283 e. The van der Waals surface area contributed by atoms with E-state index in [-0.39, 0.29) is 0 Å². The molecule has 0 atom stereocenters. The molecular formula is C30H30O45. The van der Waals surface area contributed by atoms with Crippen molar-refractivity contribution in [3.63, 3.8) is 0 Å². The average Bonchev–Trinajstić information content (AvgIpc) is 3.23. The molecule has 17 heterocycles. The summed E-state index contributed by atoms with van der Waals surface area (Å²) in [5.74, 6) is 0. The number of hydrogen-bond acceptors (Lipinski definition) is 45. The van der Waals surface area contributed by atoms with Crippen molar-refractivity contribution in [2.24, 2.45) is 0 Å². The van der Waals surface area contributed by atoms with E-state index in [0.29, 0.717) is 0 Å². The molecule has 0 aliphatic carbocycles. The summed E-state index contributed by atoms with van der Waals surface area (Å²) in [5, 5.41) is 0. The predicted octanol–water partition coefficient (Wildman–Crippen LogP) is -5.54. The van der Waals surface area contributed by atoms with Crippen LogP contribution in [-0.2, 0) is 213 Å². The lowest BCUT2D eigenvalue weighted by atomic mass is 10.8. The number of ether oxygens (including phenoxy) is 45. The minimum atomic E-state index is -1.57. The van der Waals surface area contributed by atoms with Gasteiger partial charge in [0, 0.05) is 0 Å². The van der Waals surface area contributed by atoms with E-state index in [9.17, 15) is 0 Å². The summed E-state index contributed by atoms with van der Waals surface area (Å²) in [4.78, 5) is 0. The molecule has 30 bridgehead atoms. The molecule has 0 aromatic rings. The molecule has 0 amide bonds. The molecule has 0 aromatic carbocycles. The smallest absolute Gasteiger partial charge is 0.274 e. The van der Waals surface area contributed by atoms with Gasteiger partial charge in [0.1, 0.15) is 0 Å². The van der Waals surface area contributed by atoms with E-state index < -0.39 is 194 Å². The molecular weight excluding hydrogens is 1080 g/mol. The van der Waals surface area contributed by atoms with Gasteiger partial charge in [0.05, 0.1) is 0 Å². The SMILES string of the molecule is O1C2OC3OC4OC1OC1OC(O2)OC(O3)OC(O4)O1.O1C2OC3OC4OC1OC1OC(O2)OC2OC(O1)OC(OC(O3)O2)O4.O1C2OC3OC4OC1OC1OC(O2)OC2OC(O1)OC1OC(OC(OC(O4)O1)O3)O2. The van der Waals surface area contributed by atoms with Crippen LogP contribution in [0.15, 0.2) is 0 Å². The predicted molar refractivity (Wildman–Crippen MR) is 162 cm³/mol. The van der Waals surface area contributed by atoms with Gasteiger partial charge < -0.3 is 0 Å². The zero-order chi connectivity index (χ0) is 49.1. The second kappa shape index (κ2) is 20.6. The van der Waals surface area contributed by atoms with Crippen LogP contribution in [0.1, 0.15) is 0 Å². The van der Waals surface area contributed by atoms with Crippen LogP contribution in [0, 0.1) is 0 Å². The van der Waals surface area contributed by atoms with Crippen LogP contribution in [0.25, 0.3) is 0 Å². The van der Waals surface area contributed by atoms with Gasteiger partial charge in [-0.2, -0.15) is 0 Å². The van der Waals surface area contributed by atoms with Gasteiger partial charge in [0.25, 0.3) is 194 Å². The Labute approximate surface area is 407 Å². The minimum Gasteiger partial charge on any atom is -0.274 e. The first-order chi connectivity index (χ1) is 36.7. The summed E-state index contributed by atoms with van der Waals surface area (Å²) in [7, 11) is 0. The van der Waals surface area contributed by atoms with Gasteiger partial charge in [-0.15, -0.1) is 0 Å². The lowest BCUT2D eigenvalue weighted by Crippen LogP contribution is -2.59. The maximum absolute atomic E-state index is 5.43. The van der Waals surface area contributed by atoms with Crippen molar-refractivity contribution in [3.05, 3.63) is 0 Å². The Balaban J connectivity index is 0.0000000972. The molecule has 17 fully saturated rings. The van der Waals surface area contributed by atoms with Crippen molar-refractivity contribution in [2.75, 3.05) is 0 Å². The van der Waals surface area contributed by atoms with Gasteiger partial charge in [-0.3, -0.25) is 213 Å². The molecule has 0 saturated carbocycles. The van der Waals surface area contributed by atoms with Crippen LogP contribution in [0.4, 0.5) is 0 Å². The molecule has 0 radical (unpaired) electrons. The summed E-state index contributed by atoms with van der Waals surface area (Å²) in [5.41, 5.74) is 0. The molecule has 0 spiro atoms. The van der Waals surface area contributed by atoms with E-state index in [2.05, 4.69) is 0 Å². The van der Waals surface area contributed by atoms with Crippen LogP contribution in [0.2, 0.25) is 0 Å². The minimum absolute atomic E-state index is 1.28. The molecule has 45 heteroatoms. The number of rotatable bonds is 0. The van der Waals surface area contributed by atoms with Crippen LogP contribution in [0.5, 0.6) is 0 Å². The maximum atomic E-state index is 5.43. The van der Waals surface area contributed by atoms with E-state index in [1.54, 1.807) is 0 Å². The lowest BCUT2D eigenvalue weighted by molar-refractivity contribution is -0.675. The fraction of sp³-hybridized carbons (Fsp3) is 1.00. The zero-order valence-electron chi connectivity index (χ0n) is 35.7. The fourth-order valence-corrected chi connectivity index (χ4v) is 6.97. The topological polar surface area (TPSA) is 415 Å². The van der Waals surface area contributed by atoms with Crippen LogP contribution in [0.3, 0.4) is 0 Å². The standard InChI is InChI=1S/C12H12O18.C10H10O15.C8H8O12/c13-1-19-3-14-5-21-2(13)22-6-15-4(20-1)24-8-17-10(26-6)30-12-18-11(28-8)27-7(23-3)16-9(25-5)29-12;11-1-16-3-12-5-18-2(11)19-6-13-4(17-1)21-8-15-10(23-6)25-9(22-5)14-7(20-3)24-8;9-1-10-3-14-5-12-2(9)13-6-15-4(11-1)17-7(16-3)20-8(18-5)19-6/h1-12H;1-10H;1-8H. The van der Waals surface area contributed by atoms with Gasteiger partial charge >= 0.3 is 0 Å². The quantitative estimate of drug-likeness (QED) is 0.218. The van der Waals surface area contributed by atoms with Crippen LogP contribution >= 0.6 is 0 Å². The molecule has 45 nitrogen and oxygen atoms in total. The molecule has 17 aliphatic heterocycles. The Bertz CT molecular complexity index is 1450. The van der Waals surface area contributed by atoms with Crippen molar-refractivity contribution in [3.8, 4) is 0 Å². The Morgan fingerprint density at radius 1 is 0.0533 bits per heavy atom. The molecule has 75 heavy (non-hydrogen) atoms. The van der Waals surface area contributed by atoms with Crippen LogP contribution in [-0.4, -0.2) is 194 Å². The normalized spacial score (nSPS) is 57.6. The summed E-state index contributed by atoms with van der Waals surface area (Å²) < 4.78 is 241. The van der Waals surface area contributed by atoms with Gasteiger partial charge in [-0.05, 0) is 0 Å². The van der Waals surface area contributed by atoms with Gasteiger partial charge in [0.15, 0.2) is 0 Å². The third kappa shape index (κ3) is 11.2. The summed E-state index contributed by atoms with van der Waals surface area (Å²) in [6.07, 6.45) is 0.